The third kappa shape index (κ3) is 5.89. The van der Waals surface area contributed by atoms with E-state index < -0.39 is 0 Å². The van der Waals surface area contributed by atoms with Crippen molar-refractivity contribution in [2.24, 2.45) is 0 Å². The van der Waals surface area contributed by atoms with Gasteiger partial charge in [0.1, 0.15) is 11.2 Å². The first-order valence-electron chi connectivity index (χ1n) is 16.6. The van der Waals surface area contributed by atoms with Crippen LogP contribution in [0.5, 0.6) is 0 Å². The van der Waals surface area contributed by atoms with E-state index in [0.29, 0.717) is 5.92 Å². The van der Waals surface area contributed by atoms with Crippen molar-refractivity contribution in [1.29, 1.82) is 0 Å². The SMILES string of the molecule is CCC(Cc1ccc(-c2cc(-c3ccccc3)cc(-c3ccccc3)c2)cc1)c1ccc(-c2ccc3oc4ccccc4c3c2)cc1. The van der Waals surface area contributed by atoms with Crippen LogP contribution in [0.1, 0.15) is 30.4 Å². The molecule has 1 heteroatoms. The quantitative estimate of drug-likeness (QED) is 0.168. The summed E-state index contributed by atoms with van der Waals surface area (Å²) in [5.74, 6) is 0.460. The van der Waals surface area contributed by atoms with E-state index in [9.17, 15) is 0 Å². The maximum atomic E-state index is 6.04. The fraction of sp³-hybridized carbons (Fsp3) is 0.0870. The van der Waals surface area contributed by atoms with Gasteiger partial charge >= 0.3 is 0 Å². The summed E-state index contributed by atoms with van der Waals surface area (Å²) >= 11 is 0. The molecule has 1 atom stereocenters. The zero-order chi connectivity index (χ0) is 31.6. The molecule has 0 aliphatic rings. The Morgan fingerprint density at radius 1 is 0.404 bits per heavy atom. The monoisotopic (exact) mass is 604 g/mol. The minimum Gasteiger partial charge on any atom is -0.456 e. The van der Waals surface area contributed by atoms with Crippen molar-refractivity contribution in [3.63, 3.8) is 0 Å². The molecule has 0 fully saturated rings. The van der Waals surface area contributed by atoms with E-state index >= 15 is 0 Å². The Balaban J connectivity index is 1.03. The lowest BCUT2D eigenvalue weighted by Gasteiger charge is -2.17. The van der Waals surface area contributed by atoms with Gasteiger partial charge in [-0.15, -0.1) is 0 Å². The van der Waals surface area contributed by atoms with E-state index in [0.717, 1.165) is 24.0 Å². The molecule has 0 bridgehead atoms. The van der Waals surface area contributed by atoms with Gasteiger partial charge in [-0.1, -0.05) is 140 Å². The van der Waals surface area contributed by atoms with E-state index in [-0.39, 0.29) is 0 Å². The highest BCUT2D eigenvalue weighted by atomic mass is 16.3. The lowest BCUT2D eigenvalue weighted by atomic mass is 9.88. The first kappa shape index (κ1) is 28.8. The molecule has 7 aromatic carbocycles. The van der Waals surface area contributed by atoms with Crippen molar-refractivity contribution in [1.82, 2.24) is 0 Å². The zero-order valence-electron chi connectivity index (χ0n) is 26.6. The summed E-state index contributed by atoms with van der Waals surface area (Å²) < 4.78 is 6.04. The van der Waals surface area contributed by atoms with Gasteiger partial charge in [0, 0.05) is 10.8 Å². The third-order valence-electron chi connectivity index (χ3n) is 9.50. The maximum Gasteiger partial charge on any atom is 0.135 e. The van der Waals surface area contributed by atoms with Crippen LogP contribution in [-0.2, 0) is 6.42 Å². The van der Waals surface area contributed by atoms with Crippen molar-refractivity contribution in [3.05, 3.63) is 181 Å². The van der Waals surface area contributed by atoms with E-state index in [1.807, 2.05) is 12.1 Å². The fourth-order valence-electron chi connectivity index (χ4n) is 6.86. The number of furan rings is 1. The lowest BCUT2D eigenvalue weighted by Crippen LogP contribution is -2.02. The van der Waals surface area contributed by atoms with Crippen LogP contribution in [-0.4, -0.2) is 0 Å². The molecule has 47 heavy (non-hydrogen) atoms. The highest BCUT2D eigenvalue weighted by Crippen LogP contribution is 2.35. The minimum atomic E-state index is 0.460. The van der Waals surface area contributed by atoms with Crippen LogP contribution in [0.3, 0.4) is 0 Å². The van der Waals surface area contributed by atoms with Gasteiger partial charge < -0.3 is 4.42 Å². The Labute approximate surface area is 276 Å². The molecule has 8 rings (SSSR count). The average Bonchev–Trinajstić information content (AvgIpc) is 3.53. The molecule has 8 aromatic rings. The van der Waals surface area contributed by atoms with Gasteiger partial charge in [0.15, 0.2) is 0 Å². The van der Waals surface area contributed by atoms with Gasteiger partial charge in [-0.25, -0.2) is 0 Å². The molecule has 1 nitrogen and oxygen atoms in total. The van der Waals surface area contributed by atoms with Crippen LogP contribution in [0.4, 0.5) is 0 Å². The van der Waals surface area contributed by atoms with Crippen molar-refractivity contribution < 1.29 is 4.42 Å². The smallest absolute Gasteiger partial charge is 0.135 e. The van der Waals surface area contributed by atoms with Crippen molar-refractivity contribution in [2.45, 2.75) is 25.7 Å². The molecule has 1 aromatic heterocycles. The van der Waals surface area contributed by atoms with Crippen LogP contribution >= 0.6 is 0 Å². The first-order valence-corrected chi connectivity index (χ1v) is 16.6. The number of hydrogen-bond donors (Lipinski definition) is 0. The van der Waals surface area contributed by atoms with Crippen LogP contribution in [0.2, 0.25) is 0 Å². The molecular weight excluding hydrogens is 569 g/mol. The van der Waals surface area contributed by atoms with Crippen molar-refractivity contribution in [3.8, 4) is 44.5 Å². The van der Waals surface area contributed by atoms with E-state index in [1.54, 1.807) is 0 Å². The van der Waals surface area contributed by atoms with Crippen molar-refractivity contribution >= 4 is 21.9 Å². The second-order valence-corrected chi connectivity index (χ2v) is 12.5. The first-order chi connectivity index (χ1) is 23.2. The zero-order valence-corrected chi connectivity index (χ0v) is 26.6. The Kier molecular flexibility index (Phi) is 7.73. The van der Waals surface area contributed by atoms with E-state index in [1.165, 1.54) is 66.4 Å². The summed E-state index contributed by atoms with van der Waals surface area (Å²) in [4.78, 5) is 0. The average molecular weight is 605 g/mol. The van der Waals surface area contributed by atoms with Gasteiger partial charge in [-0.2, -0.15) is 0 Å². The summed E-state index contributed by atoms with van der Waals surface area (Å²) in [5, 5.41) is 2.33. The Morgan fingerprint density at radius 3 is 1.51 bits per heavy atom. The molecule has 0 N–H and O–H groups in total. The summed E-state index contributed by atoms with van der Waals surface area (Å²) in [7, 11) is 0. The van der Waals surface area contributed by atoms with Crippen molar-refractivity contribution in [2.75, 3.05) is 0 Å². The number of benzene rings is 7. The van der Waals surface area contributed by atoms with E-state index in [4.69, 9.17) is 4.42 Å². The normalized spacial score (nSPS) is 12.0. The lowest BCUT2D eigenvalue weighted by molar-refractivity contribution is 0.660. The Morgan fingerprint density at radius 2 is 0.894 bits per heavy atom. The highest BCUT2D eigenvalue weighted by molar-refractivity contribution is 6.06. The molecule has 0 aliphatic heterocycles. The molecule has 0 spiro atoms. The van der Waals surface area contributed by atoms with Gasteiger partial charge in [-0.05, 0) is 111 Å². The number of rotatable bonds is 8. The van der Waals surface area contributed by atoms with Gasteiger partial charge in [0.2, 0.25) is 0 Å². The topological polar surface area (TPSA) is 13.1 Å². The molecule has 1 unspecified atom stereocenters. The molecule has 0 amide bonds. The molecule has 0 saturated carbocycles. The molecule has 0 aliphatic carbocycles. The standard InChI is InChI=1S/C46H36O/c1-2-33(36-21-23-37(24-22-36)39-25-26-46-44(31-39)43-15-9-10-16-45(43)47-46)27-32-17-19-38(20-18-32)42-29-40(34-11-5-3-6-12-34)28-41(30-42)35-13-7-4-8-14-35/h3-26,28-31,33H,2,27H2,1H3. The second kappa shape index (κ2) is 12.6. The van der Waals surface area contributed by atoms with Crippen LogP contribution in [0.15, 0.2) is 174 Å². The predicted octanol–water partition coefficient (Wildman–Crippen LogP) is 13.0. The number of fused-ring (bicyclic) bond motifs is 3. The van der Waals surface area contributed by atoms with Gasteiger partial charge in [0.05, 0.1) is 0 Å². The highest BCUT2D eigenvalue weighted by Gasteiger charge is 2.13. The maximum absolute atomic E-state index is 6.04. The molecule has 1 heterocycles. The van der Waals surface area contributed by atoms with Gasteiger partial charge in [0.25, 0.3) is 0 Å². The number of para-hydroxylation sites is 1. The predicted molar refractivity (Wildman–Crippen MR) is 199 cm³/mol. The van der Waals surface area contributed by atoms with Crippen LogP contribution < -0.4 is 0 Å². The number of hydrogen-bond acceptors (Lipinski definition) is 1. The molecule has 0 saturated heterocycles. The third-order valence-corrected chi connectivity index (χ3v) is 9.50. The second-order valence-electron chi connectivity index (χ2n) is 12.5. The summed E-state index contributed by atoms with van der Waals surface area (Å²) in [6.45, 7) is 2.30. The van der Waals surface area contributed by atoms with Gasteiger partial charge in [-0.3, -0.25) is 0 Å². The largest absolute Gasteiger partial charge is 0.456 e. The summed E-state index contributed by atoms with van der Waals surface area (Å²) in [6, 6.07) is 61.5. The Bertz CT molecular complexity index is 2220. The molecule has 0 radical (unpaired) electrons. The molecular formula is C46H36O. The summed E-state index contributed by atoms with van der Waals surface area (Å²) in [6.07, 6.45) is 2.11. The van der Waals surface area contributed by atoms with E-state index in [2.05, 4.69) is 165 Å². The Hall–Kier alpha value is -5.66. The summed E-state index contributed by atoms with van der Waals surface area (Å²) in [5.41, 5.74) is 14.5. The van der Waals surface area contributed by atoms with Crippen LogP contribution in [0, 0.1) is 0 Å². The fourth-order valence-corrected chi connectivity index (χ4v) is 6.86. The van der Waals surface area contributed by atoms with Crippen LogP contribution in [0.25, 0.3) is 66.4 Å². The minimum absolute atomic E-state index is 0.460. The molecule has 226 valence electrons.